The van der Waals surface area contributed by atoms with Crippen LogP contribution in [0.4, 0.5) is 8.78 Å². The third kappa shape index (κ3) is 4.44. The monoisotopic (exact) mass is 389 g/mol. The van der Waals surface area contributed by atoms with Gasteiger partial charge in [-0.3, -0.25) is 4.79 Å². The van der Waals surface area contributed by atoms with Crippen LogP contribution in [0.1, 0.15) is 47.1 Å². The van der Waals surface area contributed by atoms with Gasteiger partial charge in [0.05, 0.1) is 16.6 Å². The van der Waals surface area contributed by atoms with Crippen molar-refractivity contribution in [1.82, 2.24) is 15.5 Å². The molecule has 1 aromatic carbocycles. The number of alkyl halides is 2. The fourth-order valence-electron chi connectivity index (χ4n) is 2.84. The SMILES string of the molecule is Cc1noc2nc(C(C)C)cc(C(=O)NCCc3ccc(OC(F)F)cc3)c12. The van der Waals surface area contributed by atoms with Crippen molar-refractivity contribution in [3.63, 3.8) is 0 Å². The molecule has 0 unspecified atom stereocenters. The van der Waals surface area contributed by atoms with Gasteiger partial charge < -0.3 is 14.6 Å². The van der Waals surface area contributed by atoms with E-state index in [-0.39, 0.29) is 17.6 Å². The summed E-state index contributed by atoms with van der Waals surface area (Å²) in [5, 5.41) is 7.40. The number of hydrogen-bond donors (Lipinski definition) is 1. The summed E-state index contributed by atoms with van der Waals surface area (Å²) >= 11 is 0. The molecule has 1 amide bonds. The molecular weight excluding hydrogens is 368 g/mol. The average molecular weight is 389 g/mol. The number of nitrogens with zero attached hydrogens (tertiary/aromatic N) is 2. The Balaban J connectivity index is 1.69. The van der Waals surface area contributed by atoms with Crippen molar-refractivity contribution >= 4 is 17.0 Å². The van der Waals surface area contributed by atoms with E-state index in [0.29, 0.717) is 35.3 Å². The second-order valence-electron chi connectivity index (χ2n) is 6.73. The van der Waals surface area contributed by atoms with E-state index in [9.17, 15) is 13.6 Å². The molecule has 0 fully saturated rings. The van der Waals surface area contributed by atoms with Crippen LogP contribution in [0, 0.1) is 6.92 Å². The smallest absolute Gasteiger partial charge is 0.387 e. The van der Waals surface area contributed by atoms with Gasteiger partial charge in [0.25, 0.3) is 11.6 Å². The molecule has 6 nitrogen and oxygen atoms in total. The third-order valence-electron chi connectivity index (χ3n) is 4.32. The first-order chi connectivity index (χ1) is 13.3. The Labute approximate surface area is 160 Å². The number of carbonyl (C=O) groups excluding carboxylic acids is 1. The van der Waals surface area contributed by atoms with E-state index >= 15 is 0 Å². The normalized spacial score (nSPS) is 11.4. The van der Waals surface area contributed by atoms with E-state index in [0.717, 1.165) is 11.3 Å². The van der Waals surface area contributed by atoms with E-state index in [1.54, 1.807) is 25.1 Å². The molecule has 148 valence electrons. The Kier molecular flexibility index (Phi) is 5.87. The largest absolute Gasteiger partial charge is 0.435 e. The molecular formula is C20H21F2N3O3. The highest BCUT2D eigenvalue weighted by Crippen LogP contribution is 2.25. The predicted octanol–water partition coefficient (Wildman–Crippen LogP) is 4.23. The summed E-state index contributed by atoms with van der Waals surface area (Å²) in [6, 6.07) is 8.10. The quantitative estimate of drug-likeness (QED) is 0.654. The molecule has 3 rings (SSSR count). The molecule has 0 radical (unpaired) electrons. The summed E-state index contributed by atoms with van der Waals surface area (Å²) in [5.41, 5.74) is 3.09. The fourth-order valence-corrected chi connectivity index (χ4v) is 2.84. The number of benzene rings is 1. The Morgan fingerprint density at radius 2 is 1.96 bits per heavy atom. The van der Waals surface area contributed by atoms with E-state index < -0.39 is 6.61 Å². The highest BCUT2D eigenvalue weighted by Gasteiger charge is 2.19. The number of aromatic nitrogens is 2. The van der Waals surface area contributed by atoms with Crippen LogP contribution in [-0.4, -0.2) is 29.2 Å². The second-order valence-corrected chi connectivity index (χ2v) is 6.73. The Morgan fingerprint density at radius 3 is 2.61 bits per heavy atom. The minimum Gasteiger partial charge on any atom is -0.435 e. The predicted molar refractivity (Wildman–Crippen MR) is 99.7 cm³/mol. The Bertz CT molecular complexity index is 969. The molecule has 0 spiro atoms. The van der Waals surface area contributed by atoms with Crippen LogP contribution >= 0.6 is 0 Å². The number of nitrogens with one attached hydrogen (secondary N) is 1. The number of rotatable bonds is 7. The van der Waals surface area contributed by atoms with Gasteiger partial charge in [0.15, 0.2) is 0 Å². The van der Waals surface area contributed by atoms with Crippen LogP contribution in [0.5, 0.6) is 5.75 Å². The summed E-state index contributed by atoms with van der Waals surface area (Å²) < 4.78 is 33.9. The average Bonchev–Trinajstić information content (AvgIpc) is 3.03. The molecule has 0 aliphatic heterocycles. The molecule has 2 aromatic heterocycles. The van der Waals surface area contributed by atoms with Crippen molar-refractivity contribution in [1.29, 1.82) is 0 Å². The first-order valence-electron chi connectivity index (χ1n) is 8.94. The summed E-state index contributed by atoms with van der Waals surface area (Å²) in [5.74, 6) is -0.000284. The summed E-state index contributed by atoms with van der Waals surface area (Å²) in [6.45, 7) is 3.28. The zero-order valence-corrected chi connectivity index (χ0v) is 15.8. The number of aryl methyl sites for hydroxylation is 1. The van der Waals surface area contributed by atoms with Crippen LogP contribution in [0.2, 0.25) is 0 Å². The third-order valence-corrected chi connectivity index (χ3v) is 4.32. The van der Waals surface area contributed by atoms with Crippen molar-refractivity contribution in [2.75, 3.05) is 6.54 Å². The summed E-state index contributed by atoms with van der Waals surface area (Å²) in [7, 11) is 0. The van der Waals surface area contributed by atoms with Crippen LogP contribution < -0.4 is 10.1 Å². The molecule has 0 aliphatic carbocycles. The molecule has 3 aromatic rings. The van der Waals surface area contributed by atoms with Crippen molar-refractivity contribution < 1.29 is 22.8 Å². The lowest BCUT2D eigenvalue weighted by Crippen LogP contribution is -2.26. The molecule has 8 heteroatoms. The standard InChI is InChI=1S/C20H21F2N3O3/c1-11(2)16-10-15(17-12(3)25-28-19(17)24-16)18(26)23-9-8-13-4-6-14(7-5-13)27-20(21)22/h4-7,10-11,20H,8-9H2,1-3H3,(H,23,26). The molecule has 0 aliphatic rings. The summed E-state index contributed by atoms with van der Waals surface area (Å²) in [4.78, 5) is 17.2. The fraction of sp³-hybridized carbons (Fsp3) is 0.350. The lowest BCUT2D eigenvalue weighted by atomic mass is 10.0. The molecule has 0 bridgehead atoms. The van der Waals surface area contributed by atoms with E-state index in [2.05, 4.69) is 20.2 Å². The van der Waals surface area contributed by atoms with Gasteiger partial charge in [-0.15, -0.1) is 0 Å². The van der Waals surface area contributed by atoms with Gasteiger partial charge in [-0.2, -0.15) is 8.78 Å². The van der Waals surface area contributed by atoms with Crippen LogP contribution in [0.15, 0.2) is 34.9 Å². The van der Waals surface area contributed by atoms with Gasteiger partial charge in [0.2, 0.25) is 0 Å². The first-order valence-corrected chi connectivity index (χ1v) is 8.94. The van der Waals surface area contributed by atoms with Gasteiger partial charge in [-0.05, 0) is 43.0 Å². The van der Waals surface area contributed by atoms with E-state index in [1.165, 1.54) is 12.1 Å². The van der Waals surface area contributed by atoms with Crippen molar-refractivity contribution in [2.45, 2.75) is 39.7 Å². The highest BCUT2D eigenvalue weighted by atomic mass is 19.3. The maximum atomic E-state index is 12.7. The number of halogens is 2. The number of amides is 1. The van der Waals surface area contributed by atoms with E-state index in [1.807, 2.05) is 13.8 Å². The summed E-state index contributed by atoms with van der Waals surface area (Å²) in [6.07, 6.45) is 0.550. The number of fused-ring (bicyclic) bond motifs is 1. The van der Waals surface area contributed by atoms with Crippen molar-refractivity contribution in [3.8, 4) is 5.75 Å². The number of pyridine rings is 1. The highest BCUT2D eigenvalue weighted by molar-refractivity contribution is 6.06. The van der Waals surface area contributed by atoms with Gasteiger partial charge in [0, 0.05) is 12.2 Å². The molecule has 0 saturated carbocycles. The van der Waals surface area contributed by atoms with Crippen LogP contribution in [-0.2, 0) is 6.42 Å². The minimum atomic E-state index is -2.85. The van der Waals surface area contributed by atoms with Crippen molar-refractivity contribution in [2.24, 2.45) is 0 Å². The number of ether oxygens (including phenoxy) is 1. The lowest BCUT2D eigenvalue weighted by Gasteiger charge is -2.10. The van der Waals surface area contributed by atoms with E-state index in [4.69, 9.17) is 4.52 Å². The molecule has 0 atom stereocenters. The molecule has 0 saturated heterocycles. The zero-order valence-electron chi connectivity index (χ0n) is 15.8. The van der Waals surface area contributed by atoms with Gasteiger partial charge in [-0.1, -0.05) is 31.1 Å². The topological polar surface area (TPSA) is 77.2 Å². The number of carbonyl (C=O) groups is 1. The van der Waals surface area contributed by atoms with Gasteiger partial charge >= 0.3 is 6.61 Å². The maximum absolute atomic E-state index is 12.7. The second kappa shape index (κ2) is 8.33. The molecule has 2 heterocycles. The van der Waals surface area contributed by atoms with Crippen LogP contribution in [0.3, 0.4) is 0 Å². The zero-order chi connectivity index (χ0) is 20.3. The maximum Gasteiger partial charge on any atom is 0.387 e. The lowest BCUT2D eigenvalue weighted by molar-refractivity contribution is -0.0498. The molecule has 28 heavy (non-hydrogen) atoms. The minimum absolute atomic E-state index is 0.103. The first kappa shape index (κ1) is 19.7. The van der Waals surface area contributed by atoms with Gasteiger partial charge in [0.1, 0.15) is 5.75 Å². The molecule has 1 N–H and O–H groups in total. The number of hydrogen-bond acceptors (Lipinski definition) is 5. The Morgan fingerprint density at radius 1 is 1.25 bits per heavy atom. The van der Waals surface area contributed by atoms with Gasteiger partial charge in [-0.25, -0.2) is 4.98 Å². The van der Waals surface area contributed by atoms with Crippen LogP contribution in [0.25, 0.3) is 11.1 Å². The Hall–Kier alpha value is -3.03. The van der Waals surface area contributed by atoms with Crippen molar-refractivity contribution in [3.05, 3.63) is 52.8 Å².